The van der Waals surface area contributed by atoms with Crippen LogP contribution < -0.4 is 15.2 Å². The second-order valence-electron chi connectivity index (χ2n) is 8.25. The van der Waals surface area contributed by atoms with Crippen LogP contribution in [0.1, 0.15) is 48.3 Å². The van der Waals surface area contributed by atoms with Crippen molar-refractivity contribution < 1.29 is 17.9 Å². The topological polar surface area (TPSA) is 124 Å². The van der Waals surface area contributed by atoms with E-state index in [9.17, 15) is 13.2 Å². The van der Waals surface area contributed by atoms with E-state index in [1.54, 1.807) is 31.6 Å². The summed E-state index contributed by atoms with van der Waals surface area (Å²) in [4.78, 5) is 20.7. The molecule has 1 aliphatic carbocycles. The molecule has 1 amide bonds. The van der Waals surface area contributed by atoms with Crippen LogP contribution in [0.15, 0.2) is 42.0 Å². The second kappa shape index (κ2) is 8.18. The van der Waals surface area contributed by atoms with Gasteiger partial charge in [0.1, 0.15) is 5.75 Å². The van der Waals surface area contributed by atoms with E-state index in [-0.39, 0.29) is 5.25 Å². The standard InChI is InChI=1S/C22H24N4O4S2/c1-22(2,19-12-31-21(25-19)26-32(28,29)16-5-6-16)18-9-13(20(23)27)4-7-17(18)14-8-15(30-3)11-24-10-14/h4,7-12,16H,5-6H2,1-3H3,(H2,23,27)(H,25,26). The van der Waals surface area contributed by atoms with Crippen LogP contribution in [0.3, 0.4) is 0 Å². The summed E-state index contributed by atoms with van der Waals surface area (Å²) in [7, 11) is -1.83. The van der Waals surface area contributed by atoms with Gasteiger partial charge in [-0.2, -0.15) is 0 Å². The third kappa shape index (κ3) is 4.33. The van der Waals surface area contributed by atoms with Gasteiger partial charge in [0.05, 0.1) is 24.3 Å². The lowest BCUT2D eigenvalue weighted by atomic mass is 9.77. The molecule has 4 rings (SSSR count). The number of nitrogens with two attached hydrogens (primary N) is 1. The minimum absolute atomic E-state index is 0.329. The number of benzene rings is 1. The van der Waals surface area contributed by atoms with Crippen molar-refractivity contribution in [3.8, 4) is 16.9 Å². The normalized spacial score (nSPS) is 14.2. The summed E-state index contributed by atoms with van der Waals surface area (Å²) in [5, 5.41) is 1.83. The van der Waals surface area contributed by atoms with E-state index in [4.69, 9.17) is 10.5 Å². The van der Waals surface area contributed by atoms with Gasteiger partial charge in [-0.15, -0.1) is 11.3 Å². The smallest absolute Gasteiger partial charge is 0.248 e. The quantitative estimate of drug-likeness (QED) is 0.517. The Hall–Kier alpha value is -2.98. The Morgan fingerprint density at radius 2 is 2.00 bits per heavy atom. The number of carbonyl (C=O) groups excluding carboxylic acids is 1. The molecule has 10 heteroatoms. The lowest BCUT2D eigenvalue weighted by Crippen LogP contribution is -2.23. The first kappa shape index (κ1) is 22.2. The number of sulfonamides is 1. The summed E-state index contributed by atoms with van der Waals surface area (Å²) in [6, 6.07) is 7.12. The Kier molecular flexibility index (Phi) is 5.68. The number of methoxy groups -OCH3 is 1. The predicted octanol–water partition coefficient (Wildman–Crippen LogP) is 3.54. The molecular weight excluding hydrogens is 448 g/mol. The van der Waals surface area contributed by atoms with Gasteiger partial charge in [-0.1, -0.05) is 19.9 Å². The molecule has 1 fully saturated rings. The van der Waals surface area contributed by atoms with Crippen molar-refractivity contribution in [2.75, 3.05) is 11.8 Å². The van der Waals surface area contributed by atoms with E-state index in [2.05, 4.69) is 14.7 Å². The van der Waals surface area contributed by atoms with Crippen molar-refractivity contribution in [2.45, 2.75) is 37.4 Å². The molecule has 2 heterocycles. The largest absolute Gasteiger partial charge is 0.495 e. The van der Waals surface area contributed by atoms with Crippen molar-refractivity contribution in [1.29, 1.82) is 0 Å². The maximum atomic E-state index is 12.3. The highest BCUT2D eigenvalue weighted by atomic mass is 32.2. The molecule has 1 saturated carbocycles. The number of anilines is 1. The molecule has 8 nitrogen and oxygen atoms in total. The van der Waals surface area contributed by atoms with Gasteiger partial charge in [0.15, 0.2) is 5.13 Å². The first-order valence-corrected chi connectivity index (χ1v) is 12.5. The summed E-state index contributed by atoms with van der Waals surface area (Å²) in [6.07, 6.45) is 4.69. The number of hydrogen-bond acceptors (Lipinski definition) is 7. The molecule has 3 N–H and O–H groups in total. The highest BCUT2D eigenvalue weighted by Crippen LogP contribution is 2.40. The monoisotopic (exact) mass is 472 g/mol. The molecule has 0 unspecified atom stereocenters. The maximum absolute atomic E-state index is 12.3. The number of nitrogens with zero attached hydrogens (tertiary/aromatic N) is 2. The number of pyridine rings is 1. The first-order chi connectivity index (χ1) is 15.1. The zero-order chi connectivity index (χ0) is 23.1. The van der Waals surface area contributed by atoms with E-state index in [0.717, 1.165) is 16.7 Å². The molecule has 32 heavy (non-hydrogen) atoms. The average molecular weight is 473 g/mol. The predicted molar refractivity (Wildman–Crippen MR) is 125 cm³/mol. The van der Waals surface area contributed by atoms with Crippen LogP contribution >= 0.6 is 11.3 Å². The van der Waals surface area contributed by atoms with E-state index < -0.39 is 21.3 Å². The molecule has 168 valence electrons. The van der Waals surface area contributed by atoms with Crippen molar-refractivity contribution in [1.82, 2.24) is 9.97 Å². The molecule has 0 spiro atoms. The molecule has 0 aliphatic heterocycles. The first-order valence-electron chi connectivity index (χ1n) is 10.0. The molecule has 0 saturated heterocycles. The third-order valence-corrected chi connectivity index (χ3v) is 8.29. The summed E-state index contributed by atoms with van der Waals surface area (Å²) in [5.41, 5.74) is 8.40. The SMILES string of the molecule is COc1cncc(-c2ccc(C(N)=O)cc2C(C)(C)c2csc(NS(=O)(=O)C3CC3)n2)c1. The number of ether oxygens (including phenoxy) is 1. The third-order valence-electron chi connectivity index (χ3n) is 5.57. The van der Waals surface area contributed by atoms with Gasteiger partial charge in [-0.25, -0.2) is 13.4 Å². The highest BCUT2D eigenvalue weighted by Gasteiger charge is 2.37. The lowest BCUT2D eigenvalue weighted by molar-refractivity contribution is 0.1000. The zero-order valence-corrected chi connectivity index (χ0v) is 19.6. The number of hydrogen-bond donors (Lipinski definition) is 2. The Morgan fingerprint density at radius 1 is 1.25 bits per heavy atom. The molecular formula is C22H24N4O4S2. The van der Waals surface area contributed by atoms with Gasteiger partial charge in [-0.3, -0.25) is 14.5 Å². The fourth-order valence-corrected chi connectivity index (χ4v) is 5.95. The van der Waals surface area contributed by atoms with Crippen molar-refractivity contribution >= 4 is 32.4 Å². The minimum Gasteiger partial charge on any atom is -0.495 e. The number of rotatable bonds is 8. The summed E-state index contributed by atoms with van der Waals surface area (Å²) in [5.74, 6) is 0.0733. The summed E-state index contributed by atoms with van der Waals surface area (Å²) >= 11 is 1.24. The highest BCUT2D eigenvalue weighted by molar-refractivity contribution is 7.93. The number of primary amides is 1. The van der Waals surface area contributed by atoms with Gasteiger partial charge in [0.2, 0.25) is 15.9 Å². The van der Waals surface area contributed by atoms with Gasteiger partial charge >= 0.3 is 0 Å². The number of thiazole rings is 1. The number of aromatic nitrogens is 2. The van der Waals surface area contributed by atoms with Crippen molar-refractivity contribution in [3.05, 3.63) is 58.9 Å². The van der Waals surface area contributed by atoms with Crippen LogP contribution in [0.4, 0.5) is 5.13 Å². The van der Waals surface area contributed by atoms with E-state index >= 15 is 0 Å². The molecule has 0 radical (unpaired) electrons. The zero-order valence-electron chi connectivity index (χ0n) is 18.0. The van der Waals surface area contributed by atoms with E-state index in [1.165, 1.54) is 11.3 Å². The van der Waals surface area contributed by atoms with Gasteiger partial charge in [0.25, 0.3) is 0 Å². The van der Waals surface area contributed by atoms with Gasteiger partial charge < -0.3 is 10.5 Å². The number of nitrogens with one attached hydrogen (secondary N) is 1. The number of carbonyl (C=O) groups is 1. The molecule has 0 atom stereocenters. The van der Waals surface area contributed by atoms with Crippen LogP contribution in [0, 0.1) is 0 Å². The molecule has 3 aromatic rings. The number of amides is 1. The van der Waals surface area contributed by atoms with Crippen LogP contribution in [-0.4, -0.2) is 36.7 Å². The molecule has 0 bridgehead atoms. The Labute approximate surface area is 190 Å². The van der Waals surface area contributed by atoms with Gasteiger partial charge in [0, 0.05) is 28.1 Å². The average Bonchev–Trinajstić information content (AvgIpc) is 3.53. The van der Waals surface area contributed by atoms with Gasteiger partial charge in [-0.05, 0) is 42.2 Å². The summed E-state index contributed by atoms with van der Waals surface area (Å²) < 4.78 is 32.5. The Balaban J connectivity index is 1.78. The van der Waals surface area contributed by atoms with E-state index in [0.29, 0.717) is 35.0 Å². The minimum atomic E-state index is -3.40. The Morgan fingerprint density at radius 3 is 2.66 bits per heavy atom. The summed E-state index contributed by atoms with van der Waals surface area (Å²) in [6.45, 7) is 3.94. The molecule has 1 aromatic carbocycles. The van der Waals surface area contributed by atoms with Crippen LogP contribution in [0.5, 0.6) is 5.75 Å². The molecule has 2 aromatic heterocycles. The maximum Gasteiger partial charge on any atom is 0.248 e. The fraction of sp³-hybridized carbons (Fsp3) is 0.318. The Bertz CT molecular complexity index is 1280. The van der Waals surface area contributed by atoms with E-state index in [1.807, 2.05) is 31.4 Å². The van der Waals surface area contributed by atoms with Crippen molar-refractivity contribution in [3.63, 3.8) is 0 Å². The fourth-order valence-electron chi connectivity index (χ4n) is 3.47. The second-order valence-corrected chi connectivity index (χ2v) is 11.1. The van der Waals surface area contributed by atoms with Crippen LogP contribution in [-0.2, 0) is 15.4 Å². The van der Waals surface area contributed by atoms with Crippen LogP contribution in [0.25, 0.3) is 11.1 Å². The molecule has 1 aliphatic rings. The van der Waals surface area contributed by atoms with Crippen LogP contribution in [0.2, 0.25) is 0 Å². The van der Waals surface area contributed by atoms with Crippen molar-refractivity contribution in [2.24, 2.45) is 5.73 Å². The lowest BCUT2D eigenvalue weighted by Gasteiger charge is -2.27.